The summed E-state index contributed by atoms with van der Waals surface area (Å²) in [5.74, 6) is -0.0763. The predicted molar refractivity (Wildman–Crippen MR) is 76.2 cm³/mol. The Labute approximate surface area is 116 Å². The van der Waals surface area contributed by atoms with E-state index in [0.29, 0.717) is 12.0 Å². The Kier molecular flexibility index (Phi) is 4.85. The molecule has 0 radical (unpaired) electrons. The molecular formula is C15H28N2O2. The van der Waals surface area contributed by atoms with Crippen molar-refractivity contribution in [3.8, 4) is 0 Å². The van der Waals surface area contributed by atoms with Crippen LogP contribution in [0.15, 0.2) is 0 Å². The van der Waals surface area contributed by atoms with Crippen LogP contribution in [0.25, 0.3) is 0 Å². The third-order valence-corrected chi connectivity index (χ3v) is 4.82. The summed E-state index contributed by atoms with van der Waals surface area (Å²) in [7, 11) is 4.21. The average Bonchev–Trinajstić information content (AvgIpc) is 2.75. The molecule has 110 valence electrons. The van der Waals surface area contributed by atoms with E-state index in [1.54, 1.807) is 0 Å². The van der Waals surface area contributed by atoms with Gasteiger partial charge in [-0.3, -0.25) is 9.69 Å². The van der Waals surface area contributed by atoms with Crippen molar-refractivity contribution in [3.05, 3.63) is 0 Å². The van der Waals surface area contributed by atoms with Crippen molar-refractivity contribution in [1.82, 2.24) is 9.80 Å². The van der Waals surface area contributed by atoms with E-state index in [9.17, 15) is 9.90 Å². The van der Waals surface area contributed by atoms with Gasteiger partial charge in [0.1, 0.15) is 0 Å². The Morgan fingerprint density at radius 2 is 2.05 bits per heavy atom. The van der Waals surface area contributed by atoms with Crippen LogP contribution in [0.3, 0.4) is 0 Å². The molecule has 0 amide bonds. The van der Waals surface area contributed by atoms with Gasteiger partial charge in [0, 0.05) is 18.6 Å². The molecule has 1 heterocycles. The number of likely N-dealkylation sites (tertiary alicyclic amines) is 1. The Morgan fingerprint density at radius 1 is 1.32 bits per heavy atom. The Bertz CT molecular complexity index is 319. The van der Waals surface area contributed by atoms with Crippen molar-refractivity contribution in [2.75, 3.05) is 27.2 Å². The molecular weight excluding hydrogens is 240 g/mol. The van der Waals surface area contributed by atoms with Crippen LogP contribution in [-0.2, 0) is 4.79 Å². The summed E-state index contributed by atoms with van der Waals surface area (Å²) >= 11 is 0. The van der Waals surface area contributed by atoms with Crippen LogP contribution in [0.5, 0.6) is 0 Å². The zero-order chi connectivity index (χ0) is 14.0. The lowest BCUT2D eigenvalue weighted by Gasteiger charge is -2.41. The van der Waals surface area contributed by atoms with Gasteiger partial charge >= 0.3 is 5.97 Å². The summed E-state index contributed by atoms with van der Waals surface area (Å²) < 4.78 is 0. The lowest BCUT2D eigenvalue weighted by Crippen LogP contribution is -2.51. The molecule has 0 aromatic heterocycles. The van der Waals surface area contributed by atoms with Crippen molar-refractivity contribution in [1.29, 1.82) is 0 Å². The molecule has 1 aliphatic heterocycles. The summed E-state index contributed by atoms with van der Waals surface area (Å²) in [6.45, 7) is 4.40. The molecule has 1 N–H and O–H groups in total. The van der Waals surface area contributed by atoms with Crippen molar-refractivity contribution in [2.45, 2.75) is 51.1 Å². The summed E-state index contributed by atoms with van der Waals surface area (Å²) in [4.78, 5) is 16.3. The molecule has 4 heteroatoms. The number of nitrogens with zero attached hydrogens (tertiary/aromatic N) is 2. The predicted octanol–water partition coefficient (Wildman–Crippen LogP) is 1.90. The Hall–Kier alpha value is -0.610. The monoisotopic (exact) mass is 268 g/mol. The third kappa shape index (κ3) is 3.48. The largest absolute Gasteiger partial charge is 0.481 e. The van der Waals surface area contributed by atoms with E-state index < -0.39 is 5.97 Å². The molecule has 4 unspecified atom stereocenters. The first-order valence-corrected chi connectivity index (χ1v) is 7.62. The van der Waals surface area contributed by atoms with Crippen molar-refractivity contribution >= 4 is 5.97 Å². The molecule has 1 saturated carbocycles. The van der Waals surface area contributed by atoms with Gasteiger partial charge in [-0.15, -0.1) is 0 Å². The average molecular weight is 268 g/mol. The molecule has 19 heavy (non-hydrogen) atoms. The van der Waals surface area contributed by atoms with Crippen molar-refractivity contribution < 1.29 is 9.90 Å². The van der Waals surface area contributed by atoms with Gasteiger partial charge in [-0.05, 0) is 58.7 Å². The molecule has 4 atom stereocenters. The van der Waals surface area contributed by atoms with Gasteiger partial charge in [0.05, 0.1) is 5.92 Å². The van der Waals surface area contributed by atoms with E-state index >= 15 is 0 Å². The van der Waals surface area contributed by atoms with Gasteiger partial charge in [-0.25, -0.2) is 0 Å². The highest BCUT2D eigenvalue weighted by atomic mass is 16.4. The highest BCUT2D eigenvalue weighted by Gasteiger charge is 2.41. The second-order valence-corrected chi connectivity index (χ2v) is 6.73. The fourth-order valence-corrected chi connectivity index (χ4v) is 3.92. The minimum Gasteiger partial charge on any atom is -0.481 e. The van der Waals surface area contributed by atoms with E-state index in [0.717, 1.165) is 32.4 Å². The maximum atomic E-state index is 11.5. The van der Waals surface area contributed by atoms with E-state index in [4.69, 9.17) is 0 Å². The first-order chi connectivity index (χ1) is 8.99. The highest BCUT2D eigenvalue weighted by Crippen LogP contribution is 2.36. The SMILES string of the molecule is CC1CCC(C(=O)O)C(N2CCCC2CN(C)C)C1. The fourth-order valence-electron chi connectivity index (χ4n) is 3.92. The summed E-state index contributed by atoms with van der Waals surface area (Å²) in [5, 5.41) is 9.49. The van der Waals surface area contributed by atoms with E-state index in [2.05, 4.69) is 30.8 Å². The number of aliphatic carboxylic acids is 1. The van der Waals surface area contributed by atoms with Gasteiger partial charge in [0.25, 0.3) is 0 Å². The number of rotatable bonds is 4. The van der Waals surface area contributed by atoms with Gasteiger partial charge in [0.15, 0.2) is 0 Å². The van der Waals surface area contributed by atoms with Crippen LogP contribution in [0.1, 0.15) is 39.0 Å². The molecule has 2 fully saturated rings. The summed E-state index contributed by atoms with van der Waals surface area (Å²) in [6.07, 6.45) is 5.41. The minimum atomic E-state index is -0.590. The summed E-state index contributed by atoms with van der Waals surface area (Å²) in [5.41, 5.74) is 0. The Balaban J connectivity index is 2.09. The van der Waals surface area contributed by atoms with Crippen LogP contribution in [0.2, 0.25) is 0 Å². The number of hydrogen-bond acceptors (Lipinski definition) is 3. The topological polar surface area (TPSA) is 43.8 Å². The second-order valence-electron chi connectivity index (χ2n) is 6.73. The molecule has 0 bridgehead atoms. The lowest BCUT2D eigenvalue weighted by atomic mass is 9.78. The number of carboxylic acid groups (broad SMARTS) is 1. The Morgan fingerprint density at radius 3 is 2.68 bits per heavy atom. The molecule has 0 spiro atoms. The molecule has 1 saturated heterocycles. The zero-order valence-electron chi connectivity index (χ0n) is 12.5. The molecule has 4 nitrogen and oxygen atoms in total. The van der Waals surface area contributed by atoms with E-state index in [1.165, 1.54) is 12.8 Å². The van der Waals surface area contributed by atoms with E-state index in [-0.39, 0.29) is 12.0 Å². The van der Waals surface area contributed by atoms with E-state index in [1.807, 2.05) is 0 Å². The van der Waals surface area contributed by atoms with Crippen LogP contribution < -0.4 is 0 Å². The molecule has 0 aromatic rings. The number of likely N-dealkylation sites (N-methyl/N-ethyl adjacent to an activating group) is 1. The maximum Gasteiger partial charge on any atom is 0.308 e. The van der Waals surface area contributed by atoms with Crippen LogP contribution in [0.4, 0.5) is 0 Å². The molecule has 2 rings (SSSR count). The maximum absolute atomic E-state index is 11.5. The molecule has 1 aliphatic carbocycles. The smallest absolute Gasteiger partial charge is 0.308 e. The zero-order valence-corrected chi connectivity index (χ0v) is 12.5. The highest BCUT2D eigenvalue weighted by molar-refractivity contribution is 5.71. The van der Waals surface area contributed by atoms with Gasteiger partial charge in [0.2, 0.25) is 0 Å². The van der Waals surface area contributed by atoms with Crippen LogP contribution >= 0.6 is 0 Å². The van der Waals surface area contributed by atoms with Gasteiger partial charge in [-0.2, -0.15) is 0 Å². The fraction of sp³-hybridized carbons (Fsp3) is 0.933. The number of carbonyl (C=O) groups is 1. The quantitative estimate of drug-likeness (QED) is 0.846. The number of carboxylic acids is 1. The lowest BCUT2D eigenvalue weighted by molar-refractivity contribution is -0.146. The minimum absolute atomic E-state index is 0.154. The standard InChI is InChI=1S/C15H28N2O2/c1-11-6-7-13(15(18)19)14(9-11)17-8-4-5-12(17)10-16(2)3/h11-14H,4-10H2,1-3H3,(H,18,19). The first kappa shape index (κ1) is 14.8. The van der Waals surface area contributed by atoms with Gasteiger partial charge < -0.3 is 10.0 Å². The number of hydrogen-bond donors (Lipinski definition) is 1. The van der Waals surface area contributed by atoms with Crippen molar-refractivity contribution in [2.24, 2.45) is 11.8 Å². The molecule has 2 aliphatic rings. The first-order valence-electron chi connectivity index (χ1n) is 7.62. The van der Waals surface area contributed by atoms with Crippen molar-refractivity contribution in [3.63, 3.8) is 0 Å². The summed E-state index contributed by atoms with van der Waals surface area (Å²) in [6, 6.07) is 0.806. The van der Waals surface area contributed by atoms with Crippen LogP contribution in [-0.4, -0.2) is 60.1 Å². The second kappa shape index (κ2) is 6.23. The van der Waals surface area contributed by atoms with Gasteiger partial charge in [-0.1, -0.05) is 6.92 Å². The normalized spacial score (nSPS) is 36.8. The molecule has 0 aromatic carbocycles. The van der Waals surface area contributed by atoms with Crippen LogP contribution in [0, 0.1) is 11.8 Å². The third-order valence-electron chi connectivity index (χ3n) is 4.82.